The molecule has 0 atom stereocenters. The Morgan fingerprint density at radius 3 is 3.10 bits per heavy atom. The number of fused-ring (bicyclic) bond motifs is 1. The van der Waals surface area contributed by atoms with Gasteiger partial charge in [0.25, 0.3) is 0 Å². The zero-order valence-corrected chi connectivity index (χ0v) is 5.13. The standard InChI is InChI=1S/C7H5NO2/c9-7-2-1-5-3-10-4-6(5)8-7/h1-4H,(H,8,9). The first-order chi connectivity index (χ1) is 4.86. The van der Waals surface area contributed by atoms with Gasteiger partial charge in [0.2, 0.25) is 5.56 Å². The predicted molar refractivity (Wildman–Crippen MR) is 36.8 cm³/mol. The summed E-state index contributed by atoms with van der Waals surface area (Å²) >= 11 is 0. The summed E-state index contributed by atoms with van der Waals surface area (Å²) in [5, 5.41) is 0.916. The van der Waals surface area contributed by atoms with Gasteiger partial charge in [-0.2, -0.15) is 0 Å². The highest BCUT2D eigenvalue weighted by Gasteiger charge is 1.93. The zero-order chi connectivity index (χ0) is 6.97. The third-order valence-electron chi connectivity index (χ3n) is 1.36. The Morgan fingerprint density at radius 1 is 1.30 bits per heavy atom. The van der Waals surface area contributed by atoms with E-state index in [1.54, 1.807) is 12.3 Å². The molecule has 0 saturated carbocycles. The number of aromatic nitrogens is 1. The van der Waals surface area contributed by atoms with E-state index >= 15 is 0 Å². The first-order valence-electron chi connectivity index (χ1n) is 2.91. The minimum absolute atomic E-state index is 0.103. The van der Waals surface area contributed by atoms with Gasteiger partial charge in [0, 0.05) is 11.5 Å². The molecule has 0 aromatic carbocycles. The third kappa shape index (κ3) is 0.639. The lowest BCUT2D eigenvalue weighted by Gasteiger charge is -1.82. The highest BCUT2D eigenvalue weighted by Crippen LogP contribution is 2.07. The molecular weight excluding hydrogens is 130 g/mol. The fourth-order valence-corrected chi connectivity index (χ4v) is 0.877. The van der Waals surface area contributed by atoms with Gasteiger partial charge in [-0.25, -0.2) is 0 Å². The number of rotatable bonds is 0. The molecule has 0 fully saturated rings. The average molecular weight is 135 g/mol. The number of nitrogens with one attached hydrogen (secondary N) is 1. The maximum atomic E-state index is 10.7. The van der Waals surface area contributed by atoms with E-state index in [2.05, 4.69) is 4.98 Å². The lowest BCUT2D eigenvalue weighted by Crippen LogP contribution is -2.00. The molecular formula is C7H5NO2. The fourth-order valence-electron chi connectivity index (χ4n) is 0.877. The van der Waals surface area contributed by atoms with Crippen molar-refractivity contribution in [2.24, 2.45) is 0 Å². The molecule has 0 amide bonds. The fraction of sp³-hybridized carbons (Fsp3) is 0. The second kappa shape index (κ2) is 1.73. The molecule has 3 nitrogen and oxygen atoms in total. The van der Waals surface area contributed by atoms with Gasteiger partial charge in [-0.3, -0.25) is 4.79 Å². The van der Waals surface area contributed by atoms with E-state index in [9.17, 15) is 4.79 Å². The minimum Gasteiger partial charge on any atom is -0.470 e. The number of hydrogen-bond donors (Lipinski definition) is 1. The average Bonchev–Trinajstić information content (AvgIpc) is 2.33. The molecule has 0 bridgehead atoms. The van der Waals surface area contributed by atoms with Crippen LogP contribution in [-0.2, 0) is 0 Å². The topological polar surface area (TPSA) is 46.0 Å². The van der Waals surface area contributed by atoms with E-state index in [0.717, 1.165) is 10.9 Å². The monoisotopic (exact) mass is 135 g/mol. The number of H-pyrrole nitrogens is 1. The van der Waals surface area contributed by atoms with Crippen LogP contribution in [0.5, 0.6) is 0 Å². The van der Waals surface area contributed by atoms with Gasteiger partial charge in [0.1, 0.15) is 6.26 Å². The smallest absolute Gasteiger partial charge is 0.248 e. The molecule has 1 N–H and O–H groups in total. The molecule has 2 aromatic rings. The summed E-state index contributed by atoms with van der Waals surface area (Å²) in [4.78, 5) is 13.3. The summed E-state index contributed by atoms with van der Waals surface area (Å²) in [7, 11) is 0. The molecule has 0 spiro atoms. The molecule has 0 radical (unpaired) electrons. The highest BCUT2D eigenvalue weighted by molar-refractivity contribution is 5.76. The van der Waals surface area contributed by atoms with Crippen molar-refractivity contribution in [2.45, 2.75) is 0 Å². The lowest BCUT2D eigenvalue weighted by molar-refractivity contribution is 0.571. The van der Waals surface area contributed by atoms with Crippen molar-refractivity contribution in [1.29, 1.82) is 0 Å². The van der Waals surface area contributed by atoms with E-state index in [-0.39, 0.29) is 5.56 Å². The largest absolute Gasteiger partial charge is 0.470 e. The van der Waals surface area contributed by atoms with Crippen LogP contribution in [0, 0.1) is 0 Å². The second-order valence-electron chi connectivity index (χ2n) is 2.06. The number of hydrogen-bond acceptors (Lipinski definition) is 2. The van der Waals surface area contributed by atoms with Crippen molar-refractivity contribution < 1.29 is 4.42 Å². The summed E-state index contributed by atoms with van der Waals surface area (Å²) < 4.78 is 4.85. The quantitative estimate of drug-likeness (QED) is 0.588. The van der Waals surface area contributed by atoms with Crippen LogP contribution in [0.15, 0.2) is 33.9 Å². The van der Waals surface area contributed by atoms with Crippen LogP contribution < -0.4 is 5.56 Å². The molecule has 0 aliphatic rings. The SMILES string of the molecule is O=c1ccc2cocc2[nH]1. The van der Waals surface area contributed by atoms with Crippen LogP contribution in [0.25, 0.3) is 10.9 Å². The van der Waals surface area contributed by atoms with Gasteiger partial charge in [0.15, 0.2) is 0 Å². The Morgan fingerprint density at radius 2 is 2.20 bits per heavy atom. The van der Waals surface area contributed by atoms with Gasteiger partial charge in [0.05, 0.1) is 11.8 Å². The molecule has 0 saturated heterocycles. The van der Waals surface area contributed by atoms with Crippen LogP contribution in [0.4, 0.5) is 0 Å². The number of pyridine rings is 1. The Balaban J connectivity index is 2.99. The van der Waals surface area contributed by atoms with E-state index in [1.165, 1.54) is 12.3 Å². The van der Waals surface area contributed by atoms with Gasteiger partial charge >= 0.3 is 0 Å². The van der Waals surface area contributed by atoms with Crippen LogP contribution in [-0.4, -0.2) is 4.98 Å². The maximum absolute atomic E-state index is 10.7. The first kappa shape index (κ1) is 5.29. The lowest BCUT2D eigenvalue weighted by atomic mass is 10.3. The van der Waals surface area contributed by atoms with Crippen molar-refractivity contribution in [3.63, 3.8) is 0 Å². The summed E-state index contributed by atoms with van der Waals surface area (Å²) in [6.45, 7) is 0. The maximum Gasteiger partial charge on any atom is 0.248 e. The Labute approximate surface area is 56.3 Å². The molecule has 0 aliphatic heterocycles. The molecule has 0 unspecified atom stereocenters. The Hall–Kier alpha value is -1.51. The number of furan rings is 1. The number of aromatic amines is 1. The van der Waals surface area contributed by atoms with Crippen LogP contribution in [0.3, 0.4) is 0 Å². The van der Waals surface area contributed by atoms with E-state index in [0.29, 0.717) is 0 Å². The molecule has 2 aromatic heterocycles. The van der Waals surface area contributed by atoms with Gasteiger partial charge in [-0.1, -0.05) is 0 Å². The second-order valence-corrected chi connectivity index (χ2v) is 2.06. The summed E-state index contributed by atoms with van der Waals surface area (Å²) in [6, 6.07) is 3.19. The van der Waals surface area contributed by atoms with Crippen molar-refractivity contribution in [3.05, 3.63) is 35.0 Å². The van der Waals surface area contributed by atoms with E-state index in [4.69, 9.17) is 4.42 Å². The van der Waals surface area contributed by atoms with Gasteiger partial charge in [-0.05, 0) is 6.07 Å². The molecule has 10 heavy (non-hydrogen) atoms. The summed E-state index contributed by atoms with van der Waals surface area (Å²) in [6.07, 6.45) is 3.10. The van der Waals surface area contributed by atoms with E-state index < -0.39 is 0 Å². The first-order valence-corrected chi connectivity index (χ1v) is 2.91. The minimum atomic E-state index is -0.103. The molecule has 3 heteroatoms. The Kier molecular flexibility index (Phi) is 0.917. The molecule has 0 aliphatic carbocycles. The van der Waals surface area contributed by atoms with Crippen LogP contribution in [0.2, 0.25) is 0 Å². The predicted octanol–water partition coefficient (Wildman–Crippen LogP) is 1.12. The van der Waals surface area contributed by atoms with Crippen molar-refractivity contribution >= 4 is 10.9 Å². The summed E-state index contributed by atoms with van der Waals surface area (Å²) in [5.74, 6) is 0. The van der Waals surface area contributed by atoms with Crippen LogP contribution in [0.1, 0.15) is 0 Å². The normalized spacial score (nSPS) is 10.4. The highest BCUT2D eigenvalue weighted by atomic mass is 16.3. The third-order valence-corrected chi connectivity index (χ3v) is 1.36. The van der Waals surface area contributed by atoms with Crippen molar-refractivity contribution in [2.75, 3.05) is 0 Å². The Bertz CT molecular complexity index is 399. The van der Waals surface area contributed by atoms with Gasteiger partial charge < -0.3 is 9.40 Å². The van der Waals surface area contributed by atoms with E-state index in [1.807, 2.05) is 0 Å². The summed E-state index contributed by atoms with van der Waals surface area (Å²) in [5.41, 5.74) is 0.640. The van der Waals surface area contributed by atoms with Gasteiger partial charge in [-0.15, -0.1) is 0 Å². The van der Waals surface area contributed by atoms with Crippen LogP contribution >= 0.6 is 0 Å². The van der Waals surface area contributed by atoms with Crippen molar-refractivity contribution in [3.8, 4) is 0 Å². The molecule has 50 valence electrons. The molecule has 2 rings (SSSR count). The van der Waals surface area contributed by atoms with Crippen molar-refractivity contribution in [1.82, 2.24) is 4.98 Å². The molecule has 2 heterocycles. The zero-order valence-electron chi connectivity index (χ0n) is 5.13.